The predicted molar refractivity (Wildman–Crippen MR) is 87.7 cm³/mol. The van der Waals surface area contributed by atoms with Crippen LogP contribution in [0.2, 0.25) is 0 Å². The predicted octanol–water partition coefficient (Wildman–Crippen LogP) is 4.12. The Morgan fingerprint density at radius 1 is 1.09 bits per heavy atom. The lowest BCUT2D eigenvalue weighted by Crippen LogP contribution is -2.17. The van der Waals surface area contributed by atoms with Crippen LogP contribution in [0.3, 0.4) is 0 Å². The van der Waals surface area contributed by atoms with Gasteiger partial charge in [0.2, 0.25) is 12.7 Å². The highest BCUT2D eigenvalue weighted by Gasteiger charge is 2.19. The standard InChI is InChI=1S/C16H15BrN2O3/c17-13-8-12(22-16(13)19-5-1-2-6-19)9-18-11-3-4-14-15(7-11)21-10-20-14/h3-4,7-9H,1-2,5-6,10H2. The Morgan fingerprint density at radius 3 is 2.77 bits per heavy atom. The molecule has 1 aromatic heterocycles. The zero-order valence-corrected chi connectivity index (χ0v) is 13.5. The number of benzene rings is 1. The van der Waals surface area contributed by atoms with Crippen LogP contribution in [0.4, 0.5) is 11.6 Å². The number of nitrogens with zero attached hydrogens (tertiary/aromatic N) is 2. The van der Waals surface area contributed by atoms with Gasteiger partial charge in [-0.25, -0.2) is 0 Å². The topological polar surface area (TPSA) is 47.2 Å². The number of rotatable bonds is 3. The van der Waals surface area contributed by atoms with Crippen LogP contribution in [0.1, 0.15) is 18.6 Å². The summed E-state index contributed by atoms with van der Waals surface area (Å²) in [6.45, 7) is 2.36. The Labute approximate surface area is 136 Å². The third-order valence-corrected chi connectivity index (χ3v) is 4.35. The third-order valence-electron chi connectivity index (χ3n) is 3.78. The first-order chi connectivity index (χ1) is 10.8. The highest BCUT2D eigenvalue weighted by atomic mass is 79.9. The van der Waals surface area contributed by atoms with Crippen molar-refractivity contribution < 1.29 is 13.9 Å². The summed E-state index contributed by atoms with van der Waals surface area (Å²) in [6.07, 6.45) is 4.16. The van der Waals surface area contributed by atoms with Gasteiger partial charge in [-0.2, -0.15) is 0 Å². The van der Waals surface area contributed by atoms with Crippen molar-refractivity contribution in [3.8, 4) is 11.5 Å². The maximum absolute atomic E-state index is 5.89. The van der Waals surface area contributed by atoms with E-state index in [1.807, 2.05) is 24.3 Å². The van der Waals surface area contributed by atoms with E-state index in [9.17, 15) is 0 Å². The van der Waals surface area contributed by atoms with Gasteiger partial charge in [0, 0.05) is 25.2 Å². The summed E-state index contributed by atoms with van der Waals surface area (Å²) in [5, 5.41) is 0. The molecule has 1 fully saturated rings. The highest BCUT2D eigenvalue weighted by molar-refractivity contribution is 9.10. The first-order valence-electron chi connectivity index (χ1n) is 7.27. The molecule has 6 heteroatoms. The van der Waals surface area contributed by atoms with Crippen LogP contribution >= 0.6 is 15.9 Å². The Morgan fingerprint density at radius 2 is 1.91 bits per heavy atom. The van der Waals surface area contributed by atoms with Crippen molar-refractivity contribution in [1.82, 2.24) is 0 Å². The molecule has 1 aromatic carbocycles. The Bertz CT molecular complexity index is 720. The van der Waals surface area contributed by atoms with Gasteiger partial charge in [-0.05, 0) is 40.9 Å². The van der Waals surface area contributed by atoms with Crippen LogP contribution < -0.4 is 14.4 Å². The van der Waals surface area contributed by atoms with E-state index in [4.69, 9.17) is 13.9 Å². The fourth-order valence-corrected chi connectivity index (χ4v) is 3.24. The van der Waals surface area contributed by atoms with Crippen molar-refractivity contribution >= 4 is 33.7 Å². The van der Waals surface area contributed by atoms with E-state index in [1.54, 1.807) is 6.21 Å². The van der Waals surface area contributed by atoms with E-state index in [1.165, 1.54) is 12.8 Å². The number of ether oxygens (including phenoxy) is 2. The molecule has 0 atom stereocenters. The number of hydrogen-bond acceptors (Lipinski definition) is 5. The van der Waals surface area contributed by atoms with Gasteiger partial charge >= 0.3 is 0 Å². The molecular formula is C16H15BrN2O3. The normalized spacial score (nSPS) is 16.9. The lowest BCUT2D eigenvalue weighted by Gasteiger charge is -2.13. The Balaban J connectivity index is 1.54. The molecule has 22 heavy (non-hydrogen) atoms. The lowest BCUT2D eigenvalue weighted by atomic mass is 10.3. The van der Waals surface area contributed by atoms with Crippen LogP contribution in [-0.2, 0) is 0 Å². The van der Waals surface area contributed by atoms with Crippen molar-refractivity contribution in [3.63, 3.8) is 0 Å². The number of furan rings is 1. The minimum Gasteiger partial charge on any atom is -0.454 e. The molecule has 114 valence electrons. The Hall–Kier alpha value is -1.95. The summed E-state index contributed by atoms with van der Waals surface area (Å²) >= 11 is 3.56. The van der Waals surface area contributed by atoms with E-state index in [-0.39, 0.29) is 6.79 Å². The van der Waals surface area contributed by atoms with Gasteiger partial charge in [0.05, 0.1) is 16.4 Å². The van der Waals surface area contributed by atoms with Crippen LogP contribution in [-0.4, -0.2) is 26.1 Å². The molecule has 0 unspecified atom stereocenters. The van der Waals surface area contributed by atoms with Crippen molar-refractivity contribution in [2.75, 3.05) is 24.8 Å². The number of anilines is 1. The molecule has 1 saturated heterocycles. The maximum Gasteiger partial charge on any atom is 0.231 e. The highest BCUT2D eigenvalue weighted by Crippen LogP contribution is 2.35. The van der Waals surface area contributed by atoms with Crippen LogP contribution in [0.25, 0.3) is 0 Å². The lowest BCUT2D eigenvalue weighted by molar-refractivity contribution is 0.174. The van der Waals surface area contributed by atoms with Gasteiger partial charge in [0.25, 0.3) is 0 Å². The third kappa shape index (κ3) is 2.59. The van der Waals surface area contributed by atoms with E-state index >= 15 is 0 Å². The second-order valence-corrected chi connectivity index (χ2v) is 6.15. The van der Waals surface area contributed by atoms with Gasteiger partial charge in [-0.15, -0.1) is 0 Å². The zero-order valence-electron chi connectivity index (χ0n) is 11.9. The van der Waals surface area contributed by atoms with Gasteiger partial charge in [0.15, 0.2) is 11.5 Å². The molecule has 0 bridgehead atoms. The quantitative estimate of drug-likeness (QED) is 0.770. The monoisotopic (exact) mass is 362 g/mol. The molecule has 0 N–H and O–H groups in total. The van der Waals surface area contributed by atoms with Crippen molar-refractivity contribution in [1.29, 1.82) is 0 Å². The first kappa shape index (κ1) is 13.7. The summed E-state index contributed by atoms with van der Waals surface area (Å²) in [4.78, 5) is 6.69. The Kier molecular flexibility index (Phi) is 3.54. The van der Waals surface area contributed by atoms with Crippen LogP contribution in [0.15, 0.2) is 38.1 Å². The fraction of sp³-hybridized carbons (Fsp3) is 0.312. The van der Waals surface area contributed by atoms with Gasteiger partial charge in [0.1, 0.15) is 5.76 Å². The molecule has 2 aliphatic heterocycles. The van der Waals surface area contributed by atoms with Crippen molar-refractivity contribution in [2.45, 2.75) is 12.8 Å². The average Bonchev–Trinajstić information content (AvgIpc) is 3.25. The number of halogens is 1. The average molecular weight is 363 g/mol. The molecule has 0 amide bonds. The molecule has 3 heterocycles. The first-order valence-corrected chi connectivity index (χ1v) is 8.07. The van der Waals surface area contributed by atoms with E-state index in [0.717, 1.165) is 46.4 Å². The molecule has 0 radical (unpaired) electrons. The SMILES string of the molecule is Brc1cc(C=Nc2ccc3c(c2)OCO3)oc1N1CCCC1. The molecule has 0 spiro atoms. The number of fused-ring (bicyclic) bond motifs is 1. The second-order valence-electron chi connectivity index (χ2n) is 5.29. The molecular weight excluding hydrogens is 348 g/mol. The van der Waals surface area contributed by atoms with Crippen molar-refractivity contribution in [3.05, 3.63) is 34.5 Å². The fourth-order valence-electron chi connectivity index (χ4n) is 2.68. The molecule has 0 aliphatic carbocycles. The molecule has 5 nitrogen and oxygen atoms in total. The van der Waals surface area contributed by atoms with E-state index in [0.29, 0.717) is 0 Å². The summed E-state index contributed by atoms with van der Waals surface area (Å²) < 4.78 is 17.5. The van der Waals surface area contributed by atoms with Crippen LogP contribution in [0.5, 0.6) is 11.5 Å². The van der Waals surface area contributed by atoms with Gasteiger partial charge in [-0.1, -0.05) is 0 Å². The zero-order chi connectivity index (χ0) is 14.9. The summed E-state index contributed by atoms with van der Waals surface area (Å²) in [5.41, 5.74) is 0.805. The largest absolute Gasteiger partial charge is 0.454 e. The minimum absolute atomic E-state index is 0.271. The maximum atomic E-state index is 5.89. The number of hydrogen-bond donors (Lipinski definition) is 0. The summed E-state index contributed by atoms with van der Waals surface area (Å²) in [5.74, 6) is 3.11. The molecule has 2 aliphatic rings. The van der Waals surface area contributed by atoms with Crippen LogP contribution in [0, 0.1) is 0 Å². The van der Waals surface area contributed by atoms with Gasteiger partial charge in [-0.3, -0.25) is 4.99 Å². The van der Waals surface area contributed by atoms with E-state index < -0.39 is 0 Å². The number of aliphatic imine (C=N–C) groups is 1. The summed E-state index contributed by atoms with van der Waals surface area (Å²) in [7, 11) is 0. The van der Waals surface area contributed by atoms with Crippen molar-refractivity contribution in [2.24, 2.45) is 4.99 Å². The second kappa shape index (κ2) is 5.68. The smallest absolute Gasteiger partial charge is 0.231 e. The molecule has 4 rings (SSSR count). The molecule has 0 saturated carbocycles. The van der Waals surface area contributed by atoms with E-state index in [2.05, 4.69) is 25.8 Å². The van der Waals surface area contributed by atoms with Gasteiger partial charge < -0.3 is 18.8 Å². The minimum atomic E-state index is 0.271. The molecule has 2 aromatic rings. The summed E-state index contributed by atoms with van der Waals surface area (Å²) in [6, 6.07) is 7.56.